The van der Waals surface area contributed by atoms with Gasteiger partial charge in [0, 0.05) is 42.7 Å². The lowest BCUT2D eigenvalue weighted by Gasteiger charge is -2.33. The molecule has 1 spiro atoms. The predicted octanol–water partition coefficient (Wildman–Crippen LogP) is 1.94. The van der Waals surface area contributed by atoms with Gasteiger partial charge in [0.2, 0.25) is 5.91 Å². The molecular formula is C20H26N4O3S. The maximum Gasteiger partial charge on any atom is 0.322 e. The van der Waals surface area contributed by atoms with Crippen LogP contribution in [0.5, 0.6) is 0 Å². The van der Waals surface area contributed by atoms with Crippen LogP contribution in [0.1, 0.15) is 31.2 Å². The minimum absolute atomic E-state index is 0.00824. The Morgan fingerprint density at radius 3 is 2.64 bits per heavy atom. The summed E-state index contributed by atoms with van der Waals surface area (Å²) in [6.07, 6.45) is 2.17. The van der Waals surface area contributed by atoms with Gasteiger partial charge in [-0.15, -0.1) is 0 Å². The second-order valence-electron chi connectivity index (χ2n) is 7.84. The molecule has 0 bridgehead atoms. The van der Waals surface area contributed by atoms with Crippen LogP contribution in [-0.4, -0.2) is 52.9 Å². The Kier molecular flexibility index (Phi) is 5.59. The van der Waals surface area contributed by atoms with Gasteiger partial charge in [0.15, 0.2) is 0 Å². The van der Waals surface area contributed by atoms with Crippen molar-refractivity contribution >= 4 is 35.3 Å². The van der Waals surface area contributed by atoms with Crippen molar-refractivity contribution in [1.82, 2.24) is 15.5 Å². The van der Waals surface area contributed by atoms with Gasteiger partial charge in [0.25, 0.3) is 5.91 Å². The van der Waals surface area contributed by atoms with Gasteiger partial charge < -0.3 is 10.6 Å². The van der Waals surface area contributed by atoms with Crippen molar-refractivity contribution in [3.63, 3.8) is 0 Å². The number of nitrogens with one attached hydrogen (secondary N) is 3. The lowest BCUT2D eigenvalue weighted by atomic mass is 9.76. The molecule has 8 heteroatoms. The normalized spacial score (nSPS) is 28.1. The Hall–Kier alpha value is -2.06. The lowest BCUT2D eigenvalue weighted by Crippen LogP contribution is -2.50. The van der Waals surface area contributed by atoms with Crippen molar-refractivity contribution in [2.24, 2.45) is 5.92 Å². The first-order valence-electron chi connectivity index (χ1n) is 9.88. The van der Waals surface area contributed by atoms with E-state index in [9.17, 15) is 14.4 Å². The van der Waals surface area contributed by atoms with E-state index in [4.69, 9.17) is 0 Å². The number of carbonyl (C=O) groups is 3. The maximum absolute atomic E-state index is 12.7. The number of hydrogen-bond donors (Lipinski definition) is 3. The third kappa shape index (κ3) is 4.17. The second kappa shape index (κ2) is 8.13. The van der Waals surface area contributed by atoms with Crippen molar-refractivity contribution in [2.45, 2.75) is 37.8 Å². The third-order valence-electron chi connectivity index (χ3n) is 5.93. The number of anilines is 1. The molecule has 28 heavy (non-hydrogen) atoms. The zero-order valence-electron chi connectivity index (χ0n) is 15.8. The highest BCUT2D eigenvalue weighted by Crippen LogP contribution is 2.34. The first kappa shape index (κ1) is 19.3. The first-order valence-corrected chi connectivity index (χ1v) is 11.0. The van der Waals surface area contributed by atoms with Crippen LogP contribution in [0.25, 0.3) is 0 Å². The van der Waals surface area contributed by atoms with E-state index < -0.39 is 11.6 Å². The molecule has 150 valence electrons. The van der Waals surface area contributed by atoms with Crippen LogP contribution in [-0.2, 0) is 16.1 Å². The fraction of sp³-hybridized carbons (Fsp3) is 0.550. The molecule has 2 heterocycles. The molecule has 4 rings (SSSR count). The van der Waals surface area contributed by atoms with E-state index in [1.165, 1.54) is 17.1 Å². The van der Waals surface area contributed by atoms with Crippen LogP contribution in [0.4, 0.5) is 10.5 Å². The molecule has 0 aromatic heterocycles. The number of hydrogen-bond acceptors (Lipinski definition) is 5. The molecule has 1 aromatic rings. The zero-order valence-corrected chi connectivity index (χ0v) is 16.6. The number of rotatable bonds is 4. The summed E-state index contributed by atoms with van der Waals surface area (Å²) in [6.45, 7) is 3.12. The Labute approximate surface area is 169 Å². The highest BCUT2D eigenvalue weighted by Gasteiger charge is 2.48. The van der Waals surface area contributed by atoms with Gasteiger partial charge in [-0.05, 0) is 43.4 Å². The summed E-state index contributed by atoms with van der Waals surface area (Å²) in [6, 6.07) is 7.62. The van der Waals surface area contributed by atoms with Gasteiger partial charge in [-0.1, -0.05) is 12.1 Å². The number of nitrogens with zero attached hydrogens (tertiary/aromatic N) is 1. The topological polar surface area (TPSA) is 90.5 Å². The SMILES string of the molecule is O=C1NC(=O)C2(CCC(C(=O)Nc3cccc(CN4CCSCC4)c3)CC2)N1. The molecular weight excluding hydrogens is 376 g/mol. The Balaban J connectivity index is 1.32. The maximum atomic E-state index is 12.7. The molecule has 2 saturated heterocycles. The summed E-state index contributed by atoms with van der Waals surface area (Å²) in [5, 5.41) is 8.08. The van der Waals surface area contributed by atoms with E-state index >= 15 is 0 Å². The van der Waals surface area contributed by atoms with Crippen LogP contribution in [0, 0.1) is 5.92 Å². The fourth-order valence-electron chi connectivity index (χ4n) is 4.26. The van der Waals surface area contributed by atoms with E-state index in [1.807, 2.05) is 23.9 Å². The first-order chi connectivity index (χ1) is 13.5. The van der Waals surface area contributed by atoms with Crippen LogP contribution in [0.15, 0.2) is 24.3 Å². The molecule has 7 nitrogen and oxygen atoms in total. The number of carbonyl (C=O) groups excluding carboxylic acids is 3. The summed E-state index contributed by atoms with van der Waals surface area (Å²) in [5.41, 5.74) is 1.21. The van der Waals surface area contributed by atoms with E-state index in [0.717, 1.165) is 25.3 Å². The standard InChI is InChI=1S/C20H26N4O3S/c25-17(15-4-6-20(7-5-15)18(26)22-19(27)23-20)21-16-3-1-2-14(12-16)13-24-8-10-28-11-9-24/h1-3,12,15H,4-11,13H2,(H,21,25)(H2,22,23,26,27). The van der Waals surface area contributed by atoms with Crippen LogP contribution < -0.4 is 16.0 Å². The Morgan fingerprint density at radius 1 is 1.21 bits per heavy atom. The quantitative estimate of drug-likeness (QED) is 0.670. The van der Waals surface area contributed by atoms with Gasteiger partial charge in [-0.3, -0.25) is 19.8 Å². The Bertz CT molecular complexity index is 770. The van der Waals surface area contributed by atoms with Crippen LogP contribution in [0.3, 0.4) is 0 Å². The Morgan fingerprint density at radius 2 is 1.96 bits per heavy atom. The third-order valence-corrected chi connectivity index (χ3v) is 6.87. The summed E-state index contributed by atoms with van der Waals surface area (Å²) >= 11 is 2.00. The van der Waals surface area contributed by atoms with E-state index in [1.54, 1.807) is 0 Å². The van der Waals surface area contributed by atoms with Crippen molar-refractivity contribution < 1.29 is 14.4 Å². The molecule has 2 aliphatic heterocycles. The van der Waals surface area contributed by atoms with Gasteiger partial charge in [-0.2, -0.15) is 11.8 Å². The predicted molar refractivity (Wildman–Crippen MR) is 109 cm³/mol. The highest BCUT2D eigenvalue weighted by atomic mass is 32.2. The highest BCUT2D eigenvalue weighted by molar-refractivity contribution is 7.99. The molecule has 3 fully saturated rings. The van der Waals surface area contributed by atoms with E-state index in [2.05, 4.69) is 33.0 Å². The van der Waals surface area contributed by atoms with Crippen molar-refractivity contribution in [3.05, 3.63) is 29.8 Å². The molecule has 3 N–H and O–H groups in total. The van der Waals surface area contributed by atoms with Gasteiger partial charge in [-0.25, -0.2) is 4.79 Å². The lowest BCUT2D eigenvalue weighted by molar-refractivity contribution is -0.128. The molecule has 1 aliphatic carbocycles. The molecule has 4 amide bonds. The number of urea groups is 1. The largest absolute Gasteiger partial charge is 0.326 e. The minimum atomic E-state index is -0.819. The molecule has 0 atom stereocenters. The molecule has 1 saturated carbocycles. The number of amides is 4. The van der Waals surface area contributed by atoms with Gasteiger partial charge >= 0.3 is 6.03 Å². The molecule has 1 aromatic carbocycles. The minimum Gasteiger partial charge on any atom is -0.326 e. The zero-order chi connectivity index (χ0) is 19.6. The summed E-state index contributed by atoms with van der Waals surface area (Å²) in [7, 11) is 0. The van der Waals surface area contributed by atoms with Gasteiger partial charge in [0.05, 0.1) is 0 Å². The number of imide groups is 1. The summed E-state index contributed by atoms with van der Waals surface area (Å²) in [5.74, 6) is 1.95. The van der Waals surface area contributed by atoms with Crippen molar-refractivity contribution in [2.75, 3.05) is 29.9 Å². The monoisotopic (exact) mass is 402 g/mol. The van der Waals surface area contributed by atoms with Crippen molar-refractivity contribution in [1.29, 1.82) is 0 Å². The number of benzene rings is 1. The summed E-state index contributed by atoms with van der Waals surface area (Å²) in [4.78, 5) is 38.6. The average molecular weight is 403 g/mol. The number of thioether (sulfide) groups is 1. The van der Waals surface area contributed by atoms with E-state index in [-0.39, 0.29) is 17.7 Å². The summed E-state index contributed by atoms with van der Waals surface area (Å²) < 4.78 is 0. The molecule has 0 unspecified atom stereocenters. The molecule has 0 radical (unpaired) electrons. The van der Waals surface area contributed by atoms with Gasteiger partial charge in [0.1, 0.15) is 5.54 Å². The van der Waals surface area contributed by atoms with Crippen molar-refractivity contribution in [3.8, 4) is 0 Å². The second-order valence-corrected chi connectivity index (χ2v) is 9.07. The molecule has 3 aliphatic rings. The van der Waals surface area contributed by atoms with Crippen LogP contribution >= 0.6 is 11.8 Å². The average Bonchev–Trinajstić information content (AvgIpc) is 2.96. The van der Waals surface area contributed by atoms with E-state index in [0.29, 0.717) is 25.7 Å². The van der Waals surface area contributed by atoms with Crippen LogP contribution in [0.2, 0.25) is 0 Å². The fourth-order valence-corrected chi connectivity index (χ4v) is 5.24. The smallest absolute Gasteiger partial charge is 0.322 e.